The van der Waals surface area contributed by atoms with Gasteiger partial charge in [0.15, 0.2) is 0 Å². The number of benzene rings is 1. The molecule has 2 aliphatic rings. The van der Waals surface area contributed by atoms with Crippen molar-refractivity contribution >= 4 is 11.8 Å². The molecular weight excluding hydrogens is 312 g/mol. The molecule has 3 rings (SSSR count). The molecule has 1 N–H and O–H groups in total. The summed E-state index contributed by atoms with van der Waals surface area (Å²) in [5.74, 6) is 0.141. The van der Waals surface area contributed by atoms with Crippen LogP contribution in [0.5, 0.6) is 0 Å². The first kappa shape index (κ1) is 18.0. The van der Waals surface area contributed by atoms with Crippen molar-refractivity contribution < 1.29 is 9.59 Å². The molecule has 0 bridgehead atoms. The number of amides is 2. The van der Waals surface area contributed by atoms with Gasteiger partial charge in [-0.1, -0.05) is 49.1 Å². The molecule has 4 nitrogen and oxygen atoms in total. The predicted octanol–water partition coefficient (Wildman–Crippen LogP) is 3.37. The molecule has 136 valence electrons. The summed E-state index contributed by atoms with van der Waals surface area (Å²) in [5.41, 5.74) is 1.75. The van der Waals surface area contributed by atoms with E-state index in [9.17, 15) is 9.59 Å². The molecule has 1 saturated carbocycles. The first-order valence-electron chi connectivity index (χ1n) is 9.66. The molecule has 1 aromatic rings. The molecule has 1 saturated heterocycles. The van der Waals surface area contributed by atoms with Gasteiger partial charge in [0.05, 0.1) is 0 Å². The van der Waals surface area contributed by atoms with Gasteiger partial charge >= 0.3 is 0 Å². The molecule has 2 amide bonds. The van der Waals surface area contributed by atoms with E-state index >= 15 is 0 Å². The Kier molecular flexibility index (Phi) is 5.45. The summed E-state index contributed by atoms with van der Waals surface area (Å²) in [7, 11) is 0. The van der Waals surface area contributed by atoms with Crippen molar-refractivity contribution in [3.63, 3.8) is 0 Å². The quantitative estimate of drug-likeness (QED) is 0.892. The third kappa shape index (κ3) is 4.05. The SMILES string of the molecule is Cc1ccc(CCN2C(=O)CCC2(C)C(=O)NC2CCCCC2)cc1. The average Bonchev–Trinajstić information content (AvgIpc) is 2.91. The maximum Gasteiger partial charge on any atom is 0.245 e. The second kappa shape index (κ2) is 7.59. The summed E-state index contributed by atoms with van der Waals surface area (Å²) >= 11 is 0. The zero-order chi connectivity index (χ0) is 17.9. The van der Waals surface area contributed by atoms with Crippen LogP contribution >= 0.6 is 0 Å². The Bertz CT molecular complexity index is 619. The Labute approximate surface area is 151 Å². The van der Waals surface area contributed by atoms with Crippen LogP contribution in [0.15, 0.2) is 24.3 Å². The van der Waals surface area contributed by atoms with E-state index in [1.165, 1.54) is 30.4 Å². The smallest absolute Gasteiger partial charge is 0.245 e. The maximum absolute atomic E-state index is 12.9. The molecule has 1 atom stereocenters. The van der Waals surface area contributed by atoms with Gasteiger partial charge in [0.25, 0.3) is 0 Å². The van der Waals surface area contributed by atoms with Gasteiger partial charge < -0.3 is 10.2 Å². The van der Waals surface area contributed by atoms with Crippen LogP contribution in [0.4, 0.5) is 0 Å². The van der Waals surface area contributed by atoms with E-state index in [2.05, 4.69) is 36.5 Å². The number of nitrogens with one attached hydrogen (secondary N) is 1. The fourth-order valence-electron chi connectivity index (χ4n) is 4.09. The average molecular weight is 342 g/mol. The summed E-state index contributed by atoms with van der Waals surface area (Å²) in [6.45, 7) is 4.61. The third-order valence-corrected chi connectivity index (χ3v) is 5.90. The summed E-state index contributed by atoms with van der Waals surface area (Å²) in [5, 5.41) is 3.22. The highest BCUT2D eigenvalue weighted by Gasteiger charge is 2.47. The number of nitrogens with zero attached hydrogens (tertiary/aromatic N) is 1. The fraction of sp³-hybridized carbons (Fsp3) is 0.619. The minimum absolute atomic E-state index is 0.0363. The topological polar surface area (TPSA) is 49.4 Å². The van der Waals surface area contributed by atoms with Crippen molar-refractivity contribution in [2.45, 2.75) is 76.8 Å². The van der Waals surface area contributed by atoms with Crippen LogP contribution < -0.4 is 5.32 Å². The Balaban J connectivity index is 1.64. The van der Waals surface area contributed by atoms with E-state index in [-0.39, 0.29) is 17.9 Å². The van der Waals surface area contributed by atoms with Crippen LogP contribution in [-0.4, -0.2) is 34.8 Å². The number of carbonyl (C=O) groups excluding carboxylic acids is 2. The van der Waals surface area contributed by atoms with Crippen molar-refractivity contribution in [2.75, 3.05) is 6.54 Å². The van der Waals surface area contributed by atoms with Gasteiger partial charge in [-0.2, -0.15) is 0 Å². The minimum atomic E-state index is -0.695. The molecule has 1 aliphatic heterocycles. The monoisotopic (exact) mass is 342 g/mol. The second-order valence-corrected chi connectivity index (χ2v) is 7.86. The van der Waals surface area contributed by atoms with Crippen LogP contribution in [0, 0.1) is 6.92 Å². The fourth-order valence-corrected chi connectivity index (χ4v) is 4.09. The van der Waals surface area contributed by atoms with Crippen LogP contribution in [0.25, 0.3) is 0 Å². The lowest BCUT2D eigenvalue weighted by Gasteiger charge is -2.36. The number of carbonyl (C=O) groups is 2. The van der Waals surface area contributed by atoms with Crippen molar-refractivity contribution in [1.29, 1.82) is 0 Å². The van der Waals surface area contributed by atoms with E-state index < -0.39 is 5.54 Å². The molecule has 1 heterocycles. The van der Waals surface area contributed by atoms with Crippen molar-refractivity contribution in [2.24, 2.45) is 0 Å². The minimum Gasteiger partial charge on any atom is -0.351 e. The standard InChI is InChI=1S/C21H30N2O2/c1-16-8-10-17(11-9-16)13-15-23-19(24)12-14-21(23,2)20(25)22-18-6-4-3-5-7-18/h8-11,18H,3-7,12-15H2,1-2H3,(H,22,25). The largest absolute Gasteiger partial charge is 0.351 e. The maximum atomic E-state index is 12.9. The highest BCUT2D eigenvalue weighted by molar-refractivity contribution is 5.94. The van der Waals surface area contributed by atoms with Crippen LogP contribution in [0.1, 0.15) is 63.0 Å². The zero-order valence-electron chi connectivity index (χ0n) is 15.5. The number of hydrogen-bond donors (Lipinski definition) is 1. The van der Waals surface area contributed by atoms with E-state index in [0.717, 1.165) is 19.3 Å². The molecule has 1 aromatic carbocycles. The van der Waals surface area contributed by atoms with Gasteiger partial charge in [0.1, 0.15) is 5.54 Å². The molecule has 25 heavy (non-hydrogen) atoms. The van der Waals surface area contributed by atoms with Gasteiger partial charge in [-0.15, -0.1) is 0 Å². The lowest BCUT2D eigenvalue weighted by molar-refractivity contribution is -0.141. The molecule has 2 fully saturated rings. The molecular formula is C21H30N2O2. The van der Waals surface area contributed by atoms with Crippen LogP contribution in [-0.2, 0) is 16.0 Å². The van der Waals surface area contributed by atoms with Crippen molar-refractivity contribution in [1.82, 2.24) is 10.2 Å². The van der Waals surface area contributed by atoms with E-state index in [1.807, 2.05) is 11.8 Å². The van der Waals surface area contributed by atoms with Gasteiger partial charge in [-0.25, -0.2) is 0 Å². The summed E-state index contributed by atoms with van der Waals surface area (Å²) < 4.78 is 0. The lowest BCUT2D eigenvalue weighted by Crippen LogP contribution is -2.57. The Morgan fingerprint density at radius 2 is 1.88 bits per heavy atom. The molecule has 1 unspecified atom stereocenters. The van der Waals surface area contributed by atoms with Gasteiger partial charge in [0.2, 0.25) is 11.8 Å². The Hall–Kier alpha value is -1.84. The van der Waals surface area contributed by atoms with E-state index in [1.54, 1.807) is 0 Å². The number of likely N-dealkylation sites (tertiary alicyclic amines) is 1. The van der Waals surface area contributed by atoms with Gasteiger partial charge in [-0.3, -0.25) is 9.59 Å². The number of rotatable bonds is 5. The summed E-state index contributed by atoms with van der Waals surface area (Å²) in [6.07, 6.45) is 7.68. The third-order valence-electron chi connectivity index (χ3n) is 5.90. The van der Waals surface area contributed by atoms with Crippen LogP contribution in [0.2, 0.25) is 0 Å². The van der Waals surface area contributed by atoms with E-state index in [4.69, 9.17) is 0 Å². The van der Waals surface area contributed by atoms with Crippen LogP contribution in [0.3, 0.4) is 0 Å². The molecule has 0 spiro atoms. The summed E-state index contributed by atoms with van der Waals surface area (Å²) in [6, 6.07) is 8.68. The first-order valence-corrected chi connectivity index (χ1v) is 9.66. The van der Waals surface area contributed by atoms with Gasteiger partial charge in [-0.05, 0) is 45.1 Å². The second-order valence-electron chi connectivity index (χ2n) is 7.86. The molecule has 4 heteroatoms. The number of aryl methyl sites for hydroxylation is 1. The van der Waals surface area contributed by atoms with E-state index in [0.29, 0.717) is 19.4 Å². The highest BCUT2D eigenvalue weighted by Crippen LogP contribution is 2.31. The lowest BCUT2D eigenvalue weighted by atomic mass is 9.92. The Morgan fingerprint density at radius 1 is 1.20 bits per heavy atom. The molecule has 1 aliphatic carbocycles. The summed E-state index contributed by atoms with van der Waals surface area (Å²) in [4.78, 5) is 27.2. The van der Waals surface area contributed by atoms with Gasteiger partial charge in [0, 0.05) is 19.0 Å². The first-order chi connectivity index (χ1) is 12.0. The number of hydrogen-bond acceptors (Lipinski definition) is 2. The normalized spacial score (nSPS) is 24.6. The zero-order valence-corrected chi connectivity index (χ0v) is 15.5. The van der Waals surface area contributed by atoms with Crippen molar-refractivity contribution in [3.05, 3.63) is 35.4 Å². The molecule has 0 aromatic heterocycles. The molecule has 0 radical (unpaired) electrons. The predicted molar refractivity (Wildman–Crippen MR) is 99.3 cm³/mol. The Morgan fingerprint density at radius 3 is 2.56 bits per heavy atom. The highest BCUT2D eigenvalue weighted by atomic mass is 16.2. The van der Waals surface area contributed by atoms with Crippen molar-refractivity contribution in [3.8, 4) is 0 Å².